The van der Waals surface area contributed by atoms with Gasteiger partial charge >= 0.3 is 23.9 Å². The van der Waals surface area contributed by atoms with E-state index in [0.29, 0.717) is 36.0 Å². The number of anilines is 1. The first kappa shape index (κ1) is 35.7. The van der Waals surface area contributed by atoms with Gasteiger partial charge in [-0.25, -0.2) is 19.2 Å². The van der Waals surface area contributed by atoms with Crippen LogP contribution in [-0.4, -0.2) is 101 Å². The van der Waals surface area contributed by atoms with E-state index in [0.717, 1.165) is 47.8 Å². The number of hydrogen-bond acceptors (Lipinski definition) is 9. The molecule has 2 aromatic rings. The highest BCUT2D eigenvalue weighted by Gasteiger charge is 2.36. The van der Waals surface area contributed by atoms with E-state index in [4.69, 9.17) is 34.9 Å². The van der Waals surface area contributed by atoms with Crippen molar-refractivity contribution in [3.63, 3.8) is 0 Å². The summed E-state index contributed by atoms with van der Waals surface area (Å²) in [5.74, 6) is -3.31. The van der Waals surface area contributed by atoms with Gasteiger partial charge in [-0.1, -0.05) is 12.1 Å². The standard InChI is InChI=1S/C23H27N3O3.2C4H4O4/c1-14(27)24-16-7-5-15(6-8-16)23-18-12-22(29-4)21(28-3)11-17(18)19-13-26(2)10-9-20(19)25-23;2*5-3(6)1-2-4(7)8/h5-8,11-12,19-20H,9-10,13H2,1-4H3,(H,24,27);2*1-2H,(H,5,6)(H,7,8). The van der Waals surface area contributed by atoms with Crippen molar-refractivity contribution in [3.05, 3.63) is 77.4 Å². The second kappa shape index (κ2) is 17.0. The summed E-state index contributed by atoms with van der Waals surface area (Å²) < 4.78 is 11.2. The van der Waals surface area contributed by atoms with Crippen molar-refractivity contribution in [2.75, 3.05) is 39.7 Å². The maximum Gasteiger partial charge on any atom is 0.328 e. The summed E-state index contributed by atoms with van der Waals surface area (Å²) in [5, 5.41) is 34.1. The molecule has 0 spiro atoms. The molecule has 5 N–H and O–H groups in total. The fraction of sp³-hybridized carbons (Fsp3) is 0.290. The first-order chi connectivity index (χ1) is 21.2. The second-order valence-corrected chi connectivity index (χ2v) is 9.78. The summed E-state index contributed by atoms with van der Waals surface area (Å²) in [7, 11) is 5.49. The number of piperidine rings is 1. The minimum atomic E-state index is -1.26. The summed E-state index contributed by atoms with van der Waals surface area (Å²) in [6.45, 7) is 3.53. The SMILES string of the molecule is COc1cc2c(cc1OC)C1CN(C)CCC1N=C2c1ccc(NC(C)=O)cc1.O=C(O)C=CC(=O)O.O=C(O)C=CC(=O)O. The molecular weight excluding hydrogens is 590 g/mol. The Morgan fingerprint density at radius 1 is 0.844 bits per heavy atom. The van der Waals surface area contributed by atoms with Gasteiger partial charge in [0.15, 0.2) is 11.5 Å². The van der Waals surface area contributed by atoms with Gasteiger partial charge in [0.25, 0.3) is 0 Å². The molecule has 0 aromatic heterocycles. The number of nitrogens with zero attached hydrogens (tertiary/aromatic N) is 2. The van der Waals surface area contributed by atoms with Crippen molar-refractivity contribution in [1.82, 2.24) is 4.90 Å². The Balaban J connectivity index is 0.000000365. The van der Waals surface area contributed by atoms with Crippen LogP contribution in [0.5, 0.6) is 11.5 Å². The molecule has 4 rings (SSSR count). The number of fused-ring (bicyclic) bond motifs is 3. The van der Waals surface area contributed by atoms with Gasteiger partial charge in [-0.05, 0) is 49.8 Å². The smallest absolute Gasteiger partial charge is 0.328 e. The molecule has 14 nitrogen and oxygen atoms in total. The number of aliphatic imine (C=N–C) groups is 1. The van der Waals surface area contributed by atoms with Gasteiger partial charge < -0.3 is 40.1 Å². The van der Waals surface area contributed by atoms with Gasteiger partial charge in [-0.3, -0.25) is 9.79 Å². The molecule has 0 radical (unpaired) electrons. The predicted octanol–water partition coefficient (Wildman–Crippen LogP) is 2.72. The molecule has 0 saturated carbocycles. The zero-order chi connectivity index (χ0) is 33.7. The molecule has 1 fully saturated rings. The lowest BCUT2D eigenvalue weighted by Crippen LogP contribution is -2.41. The van der Waals surface area contributed by atoms with Gasteiger partial charge in [0.1, 0.15) is 0 Å². The molecule has 2 heterocycles. The van der Waals surface area contributed by atoms with Crippen molar-refractivity contribution in [1.29, 1.82) is 0 Å². The summed E-state index contributed by atoms with van der Waals surface area (Å²) in [5.41, 5.74) is 5.13. The average Bonchev–Trinajstić information content (AvgIpc) is 2.98. The number of benzene rings is 2. The highest BCUT2D eigenvalue weighted by Crippen LogP contribution is 2.42. The Morgan fingerprint density at radius 2 is 1.33 bits per heavy atom. The Hall–Kier alpha value is -5.50. The number of hydrogen-bond donors (Lipinski definition) is 5. The van der Waals surface area contributed by atoms with Crippen LogP contribution in [0.3, 0.4) is 0 Å². The van der Waals surface area contributed by atoms with E-state index in [2.05, 4.69) is 23.3 Å². The molecule has 2 aliphatic heterocycles. The molecular formula is C31H35N3O11. The lowest BCUT2D eigenvalue weighted by Gasteiger charge is -2.39. The maximum absolute atomic E-state index is 11.3. The Kier molecular flexibility index (Phi) is 13.5. The molecule has 45 heavy (non-hydrogen) atoms. The summed E-state index contributed by atoms with van der Waals surface area (Å²) in [6.07, 6.45) is 3.26. The molecule has 1 saturated heterocycles. The number of likely N-dealkylation sites (tertiary alicyclic amines) is 1. The lowest BCUT2D eigenvalue weighted by molar-refractivity contribution is -0.134. The highest BCUT2D eigenvalue weighted by molar-refractivity contribution is 6.15. The highest BCUT2D eigenvalue weighted by atomic mass is 16.5. The molecule has 1 amide bonds. The number of carboxylic acids is 4. The topological polar surface area (TPSA) is 212 Å². The molecule has 2 atom stereocenters. The zero-order valence-corrected chi connectivity index (χ0v) is 25.1. The maximum atomic E-state index is 11.3. The third-order valence-electron chi connectivity index (χ3n) is 6.50. The number of rotatable bonds is 8. The third kappa shape index (κ3) is 11.3. The molecule has 14 heteroatoms. The zero-order valence-electron chi connectivity index (χ0n) is 25.1. The van der Waals surface area contributed by atoms with Crippen molar-refractivity contribution in [2.45, 2.75) is 25.3 Å². The van der Waals surface area contributed by atoms with Crippen LogP contribution in [0.4, 0.5) is 5.69 Å². The number of carbonyl (C=O) groups is 5. The minimum Gasteiger partial charge on any atom is -0.493 e. The number of nitrogens with one attached hydrogen (secondary N) is 1. The average molecular weight is 626 g/mol. The number of aliphatic carboxylic acids is 4. The van der Waals surface area contributed by atoms with E-state index in [1.54, 1.807) is 14.2 Å². The number of carboxylic acid groups (broad SMARTS) is 4. The van der Waals surface area contributed by atoms with E-state index in [-0.39, 0.29) is 11.9 Å². The summed E-state index contributed by atoms with van der Waals surface area (Å²) in [4.78, 5) is 57.1. The van der Waals surface area contributed by atoms with Gasteiger partial charge in [0.2, 0.25) is 5.91 Å². The number of ether oxygens (including phenoxy) is 2. The lowest BCUT2D eigenvalue weighted by atomic mass is 9.79. The minimum absolute atomic E-state index is 0.0795. The second-order valence-electron chi connectivity index (χ2n) is 9.78. The van der Waals surface area contributed by atoms with Crippen LogP contribution < -0.4 is 14.8 Å². The quantitative estimate of drug-likeness (QED) is 0.268. The Morgan fingerprint density at radius 3 is 1.78 bits per heavy atom. The number of likely N-dealkylation sites (N-methyl/N-ethyl adjacent to an activating group) is 1. The van der Waals surface area contributed by atoms with Gasteiger partial charge in [0, 0.05) is 60.5 Å². The van der Waals surface area contributed by atoms with E-state index in [9.17, 15) is 24.0 Å². The summed E-state index contributed by atoms with van der Waals surface area (Å²) >= 11 is 0. The first-order valence-electron chi connectivity index (χ1n) is 13.4. The van der Waals surface area contributed by atoms with E-state index in [1.165, 1.54) is 12.5 Å². The molecule has 240 valence electrons. The fourth-order valence-corrected chi connectivity index (χ4v) is 4.63. The van der Waals surface area contributed by atoms with Crippen LogP contribution in [0, 0.1) is 0 Å². The molecule has 0 bridgehead atoms. The van der Waals surface area contributed by atoms with Crippen molar-refractivity contribution < 1.29 is 53.9 Å². The van der Waals surface area contributed by atoms with Crippen LogP contribution in [0.15, 0.2) is 65.7 Å². The van der Waals surface area contributed by atoms with Crippen LogP contribution in [-0.2, 0) is 24.0 Å². The Bertz CT molecular complexity index is 1430. The summed E-state index contributed by atoms with van der Waals surface area (Å²) in [6, 6.07) is 12.3. The number of methoxy groups -OCH3 is 2. The van der Waals surface area contributed by atoms with Crippen LogP contribution in [0.2, 0.25) is 0 Å². The van der Waals surface area contributed by atoms with Crippen molar-refractivity contribution in [2.24, 2.45) is 4.99 Å². The molecule has 2 unspecified atom stereocenters. The van der Waals surface area contributed by atoms with Crippen molar-refractivity contribution in [3.8, 4) is 11.5 Å². The van der Waals surface area contributed by atoms with E-state index < -0.39 is 23.9 Å². The van der Waals surface area contributed by atoms with Gasteiger partial charge in [0.05, 0.1) is 26.0 Å². The Labute approximate surface area is 258 Å². The normalized spacial score (nSPS) is 16.8. The molecule has 2 aliphatic rings. The monoisotopic (exact) mass is 625 g/mol. The van der Waals surface area contributed by atoms with E-state index >= 15 is 0 Å². The van der Waals surface area contributed by atoms with Crippen LogP contribution in [0.1, 0.15) is 36.0 Å². The van der Waals surface area contributed by atoms with Gasteiger partial charge in [-0.15, -0.1) is 0 Å². The van der Waals surface area contributed by atoms with Crippen molar-refractivity contribution >= 4 is 41.2 Å². The third-order valence-corrected chi connectivity index (χ3v) is 6.50. The number of amides is 1. The molecule has 0 aliphatic carbocycles. The molecule has 2 aromatic carbocycles. The van der Waals surface area contributed by atoms with Crippen LogP contribution in [0.25, 0.3) is 0 Å². The predicted molar refractivity (Wildman–Crippen MR) is 163 cm³/mol. The largest absolute Gasteiger partial charge is 0.493 e. The van der Waals surface area contributed by atoms with Gasteiger partial charge in [-0.2, -0.15) is 0 Å². The number of carbonyl (C=O) groups excluding carboxylic acids is 1. The van der Waals surface area contributed by atoms with Crippen LogP contribution >= 0.6 is 0 Å². The fourth-order valence-electron chi connectivity index (χ4n) is 4.63. The van der Waals surface area contributed by atoms with E-state index in [1.807, 2.05) is 30.3 Å². The first-order valence-corrected chi connectivity index (χ1v) is 13.4.